The molecule has 0 aromatic heterocycles. The number of nitrogens with two attached hydrogens (primary N) is 1. The summed E-state index contributed by atoms with van der Waals surface area (Å²) in [6, 6.07) is 3.81. The van der Waals surface area contributed by atoms with Gasteiger partial charge in [-0.25, -0.2) is 0 Å². The summed E-state index contributed by atoms with van der Waals surface area (Å²) in [5.74, 6) is 8.11. The van der Waals surface area contributed by atoms with E-state index >= 15 is 0 Å². The molecule has 1 aromatic rings. The molecule has 4 heteroatoms. The summed E-state index contributed by atoms with van der Waals surface area (Å²) in [4.78, 5) is 0. The van der Waals surface area contributed by atoms with Crippen LogP contribution in [0.15, 0.2) is 12.1 Å². The highest BCUT2D eigenvalue weighted by Crippen LogP contribution is 2.38. The van der Waals surface area contributed by atoms with Crippen molar-refractivity contribution >= 4 is 0 Å². The van der Waals surface area contributed by atoms with E-state index in [1.54, 1.807) is 0 Å². The summed E-state index contributed by atoms with van der Waals surface area (Å²) in [5, 5.41) is 0. The Balaban J connectivity index is 2.12. The zero-order valence-corrected chi connectivity index (χ0v) is 10.5. The van der Waals surface area contributed by atoms with Crippen LogP contribution in [0.4, 0.5) is 0 Å². The third-order valence-corrected chi connectivity index (χ3v) is 2.63. The van der Waals surface area contributed by atoms with Crippen molar-refractivity contribution in [3.63, 3.8) is 0 Å². The van der Waals surface area contributed by atoms with Gasteiger partial charge in [0.2, 0.25) is 6.79 Å². The van der Waals surface area contributed by atoms with E-state index in [4.69, 9.17) is 19.9 Å². The van der Waals surface area contributed by atoms with Crippen LogP contribution in [0.25, 0.3) is 0 Å². The van der Waals surface area contributed by atoms with Gasteiger partial charge in [-0.2, -0.15) is 0 Å². The normalized spacial score (nSPS) is 11.9. The molecule has 4 nitrogen and oxygen atoms in total. The van der Waals surface area contributed by atoms with Gasteiger partial charge < -0.3 is 19.9 Å². The van der Waals surface area contributed by atoms with Crippen molar-refractivity contribution in [2.45, 2.75) is 19.8 Å². The van der Waals surface area contributed by atoms with Crippen LogP contribution in [0.5, 0.6) is 17.2 Å². The molecule has 0 spiro atoms. The zero-order chi connectivity index (χ0) is 12.8. The average Bonchev–Trinajstić information content (AvgIpc) is 2.82. The number of ether oxygens (including phenoxy) is 3. The molecule has 1 aromatic carbocycles. The molecule has 0 amide bonds. The van der Waals surface area contributed by atoms with E-state index in [0.717, 1.165) is 29.2 Å². The Hall–Kier alpha value is -1.86. The Kier molecular flexibility index (Phi) is 4.32. The Morgan fingerprint density at radius 2 is 2.11 bits per heavy atom. The minimum Gasteiger partial charge on any atom is -0.492 e. The summed E-state index contributed by atoms with van der Waals surface area (Å²) in [5.41, 5.74) is 6.65. The van der Waals surface area contributed by atoms with Crippen LogP contribution < -0.4 is 19.9 Å². The van der Waals surface area contributed by atoms with Crippen LogP contribution in [0.3, 0.4) is 0 Å². The third-order valence-electron chi connectivity index (χ3n) is 2.63. The fraction of sp³-hybridized carbons (Fsp3) is 0.429. The first kappa shape index (κ1) is 12.6. The molecular formula is C14H17NO3. The van der Waals surface area contributed by atoms with E-state index in [1.165, 1.54) is 0 Å². The van der Waals surface area contributed by atoms with Crippen molar-refractivity contribution in [2.24, 2.45) is 5.73 Å². The first-order valence-electron chi connectivity index (χ1n) is 6.00. The Morgan fingerprint density at radius 3 is 2.83 bits per heavy atom. The zero-order valence-electron chi connectivity index (χ0n) is 10.5. The SMILES string of the molecule is CC#CCCOc1cc2c(cc1CCN)OCO2. The molecule has 1 aliphatic heterocycles. The topological polar surface area (TPSA) is 53.7 Å². The lowest BCUT2D eigenvalue weighted by molar-refractivity contribution is 0.173. The number of rotatable bonds is 5. The quantitative estimate of drug-likeness (QED) is 0.635. The highest BCUT2D eigenvalue weighted by atomic mass is 16.7. The van der Waals surface area contributed by atoms with E-state index in [1.807, 2.05) is 19.1 Å². The van der Waals surface area contributed by atoms with Crippen LogP contribution in [0, 0.1) is 11.8 Å². The highest BCUT2D eigenvalue weighted by Gasteiger charge is 2.17. The molecule has 0 aliphatic carbocycles. The van der Waals surface area contributed by atoms with Crippen LogP contribution in [0.2, 0.25) is 0 Å². The van der Waals surface area contributed by atoms with Crippen LogP contribution in [0.1, 0.15) is 18.9 Å². The second kappa shape index (κ2) is 6.18. The van der Waals surface area contributed by atoms with Gasteiger partial charge in [0.25, 0.3) is 0 Å². The molecule has 1 aliphatic rings. The summed E-state index contributed by atoms with van der Waals surface area (Å²) in [6.45, 7) is 3.23. The van der Waals surface area contributed by atoms with Crippen molar-refractivity contribution < 1.29 is 14.2 Å². The second-order valence-corrected chi connectivity index (χ2v) is 3.88. The second-order valence-electron chi connectivity index (χ2n) is 3.88. The van der Waals surface area contributed by atoms with E-state index in [2.05, 4.69) is 11.8 Å². The molecule has 18 heavy (non-hydrogen) atoms. The predicted octanol–water partition coefficient (Wildman–Crippen LogP) is 1.71. The lowest BCUT2D eigenvalue weighted by Gasteiger charge is -2.11. The monoisotopic (exact) mass is 247 g/mol. The number of hydrogen-bond acceptors (Lipinski definition) is 4. The first-order valence-corrected chi connectivity index (χ1v) is 6.00. The maximum absolute atomic E-state index is 5.72. The largest absolute Gasteiger partial charge is 0.492 e. The number of fused-ring (bicyclic) bond motifs is 1. The molecule has 0 unspecified atom stereocenters. The molecule has 0 atom stereocenters. The van der Waals surface area contributed by atoms with Crippen LogP contribution in [-0.4, -0.2) is 19.9 Å². The van der Waals surface area contributed by atoms with Gasteiger partial charge in [0.05, 0.1) is 6.61 Å². The van der Waals surface area contributed by atoms with Crippen molar-refractivity contribution in [3.05, 3.63) is 17.7 Å². The molecule has 96 valence electrons. The molecular weight excluding hydrogens is 230 g/mol. The molecule has 1 heterocycles. The Labute approximate surface area is 107 Å². The fourth-order valence-corrected chi connectivity index (χ4v) is 1.79. The van der Waals surface area contributed by atoms with Crippen LogP contribution >= 0.6 is 0 Å². The standard InChI is InChI=1S/C14H17NO3/c1-2-3-4-7-16-12-9-14-13(17-10-18-14)8-11(12)5-6-15/h8-9H,4-7,10,15H2,1H3. The Bertz CT molecular complexity index is 474. The molecule has 0 radical (unpaired) electrons. The van der Waals surface area contributed by atoms with Crippen molar-refractivity contribution in [3.8, 4) is 29.1 Å². The van der Waals surface area contributed by atoms with E-state index < -0.39 is 0 Å². The molecule has 0 fully saturated rings. The molecule has 0 bridgehead atoms. The van der Waals surface area contributed by atoms with Gasteiger partial charge in [0.15, 0.2) is 11.5 Å². The third kappa shape index (κ3) is 2.88. The fourth-order valence-electron chi connectivity index (χ4n) is 1.79. The smallest absolute Gasteiger partial charge is 0.231 e. The summed E-state index contributed by atoms with van der Waals surface area (Å²) in [6.07, 6.45) is 1.47. The summed E-state index contributed by atoms with van der Waals surface area (Å²) in [7, 11) is 0. The lowest BCUT2D eigenvalue weighted by Crippen LogP contribution is -2.06. The minimum absolute atomic E-state index is 0.266. The van der Waals surface area contributed by atoms with Gasteiger partial charge in [-0.3, -0.25) is 0 Å². The lowest BCUT2D eigenvalue weighted by atomic mass is 10.1. The van der Waals surface area contributed by atoms with Gasteiger partial charge in [-0.15, -0.1) is 11.8 Å². The van der Waals surface area contributed by atoms with E-state index in [9.17, 15) is 0 Å². The van der Waals surface area contributed by atoms with Gasteiger partial charge in [-0.1, -0.05) is 0 Å². The van der Waals surface area contributed by atoms with Crippen molar-refractivity contribution in [1.29, 1.82) is 0 Å². The molecule has 0 saturated carbocycles. The minimum atomic E-state index is 0.266. The van der Waals surface area contributed by atoms with Crippen molar-refractivity contribution in [2.75, 3.05) is 19.9 Å². The predicted molar refractivity (Wildman–Crippen MR) is 68.9 cm³/mol. The molecule has 2 N–H and O–H groups in total. The summed E-state index contributed by atoms with van der Waals surface area (Å²) >= 11 is 0. The van der Waals surface area contributed by atoms with Gasteiger partial charge >= 0.3 is 0 Å². The number of benzene rings is 1. The molecule has 2 rings (SSSR count). The van der Waals surface area contributed by atoms with Gasteiger partial charge in [-0.05, 0) is 31.5 Å². The number of hydrogen-bond donors (Lipinski definition) is 1. The maximum Gasteiger partial charge on any atom is 0.231 e. The Morgan fingerprint density at radius 1 is 1.33 bits per heavy atom. The highest BCUT2D eigenvalue weighted by molar-refractivity contribution is 5.52. The average molecular weight is 247 g/mol. The van der Waals surface area contributed by atoms with E-state index in [-0.39, 0.29) is 6.79 Å². The summed E-state index contributed by atoms with van der Waals surface area (Å²) < 4.78 is 16.4. The van der Waals surface area contributed by atoms with Gasteiger partial charge in [0.1, 0.15) is 5.75 Å². The van der Waals surface area contributed by atoms with E-state index in [0.29, 0.717) is 19.6 Å². The maximum atomic E-state index is 5.72. The first-order chi connectivity index (χ1) is 8.85. The van der Waals surface area contributed by atoms with Crippen molar-refractivity contribution in [1.82, 2.24) is 0 Å². The molecule has 0 saturated heterocycles. The van der Waals surface area contributed by atoms with Crippen LogP contribution in [-0.2, 0) is 6.42 Å². The van der Waals surface area contributed by atoms with Gasteiger partial charge in [0, 0.05) is 12.5 Å².